The molecule has 0 aliphatic carbocycles. The van der Waals surface area contributed by atoms with Crippen LogP contribution in [-0.2, 0) is 23.8 Å². The van der Waals surface area contributed by atoms with Crippen molar-refractivity contribution in [2.24, 2.45) is 0 Å². The second-order valence-corrected chi connectivity index (χ2v) is 4.45. The number of halogens is 3. The van der Waals surface area contributed by atoms with Crippen molar-refractivity contribution < 1.29 is 27.5 Å². The maximum absolute atomic E-state index is 12.8. The first-order valence-electron chi connectivity index (χ1n) is 6.16. The van der Waals surface area contributed by atoms with Crippen LogP contribution in [0.1, 0.15) is 29.2 Å². The Morgan fingerprint density at radius 2 is 2.00 bits per heavy atom. The van der Waals surface area contributed by atoms with Crippen molar-refractivity contribution in [3.05, 3.63) is 53.2 Å². The molecule has 1 aromatic carbocycles. The van der Waals surface area contributed by atoms with Crippen molar-refractivity contribution in [2.75, 3.05) is 0 Å². The van der Waals surface area contributed by atoms with Gasteiger partial charge in [0.25, 0.3) is 0 Å². The molecular weight excluding hydrogens is 287 g/mol. The number of carbonyl (C=O) groups is 1. The molecule has 0 atom stereocenters. The highest BCUT2D eigenvalue weighted by Crippen LogP contribution is 2.32. The van der Waals surface area contributed by atoms with Gasteiger partial charge in [-0.05, 0) is 11.6 Å². The minimum absolute atomic E-state index is 0.0663. The Labute approximate surface area is 118 Å². The standard InChI is InChI=1S/C14H12F3NO3/c15-14(16,17)11-4-2-1-3-9(11)7-12-18-8-10(21-12)5-6-13(19)20/h1-4,8H,5-7H2,(H,19,20). The van der Waals surface area contributed by atoms with Gasteiger partial charge in [0.1, 0.15) is 5.76 Å². The molecule has 0 spiro atoms. The minimum atomic E-state index is -4.44. The van der Waals surface area contributed by atoms with Gasteiger partial charge in [-0.2, -0.15) is 13.2 Å². The van der Waals surface area contributed by atoms with Crippen LogP contribution < -0.4 is 0 Å². The highest BCUT2D eigenvalue weighted by atomic mass is 19.4. The van der Waals surface area contributed by atoms with Gasteiger partial charge in [-0.25, -0.2) is 4.98 Å². The van der Waals surface area contributed by atoms with E-state index in [0.717, 1.165) is 6.07 Å². The van der Waals surface area contributed by atoms with Crippen molar-refractivity contribution in [3.63, 3.8) is 0 Å². The lowest BCUT2D eigenvalue weighted by Gasteiger charge is -2.11. The van der Waals surface area contributed by atoms with Crippen molar-refractivity contribution in [1.82, 2.24) is 4.98 Å². The summed E-state index contributed by atoms with van der Waals surface area (Å²) < 4.78 is 43.8. The number of carboxylic acid groups (broad SMARTS) is 1. The van der Waals surface area contributed by atoms with Gasteiger partial charge in [0.05, 0.1) is 18.2 Å². The second kappa shape index (κ2) is 5.99. The Morgan fingerprint density at radius 1 is 1.29 bits per heavy atom. The largest absolute Gasteiger partial charge is 0.481 e. The third-order valence-corrected chi connectivity index (χ3v) is 2.85. The van der Waals surface area contributed by atoms with Crippen LogP contribution in [0.2, 0.25) is 0 Å². The molecule has 1 heterocycles. The molecule has 0 aliphatic rings. The lowest BCUT2D eigenvalue weighted by atomic mass is 10.0. The molecule has 4 nitrogen and oxygen atoms in total. The van der Waals surface area contributed by atoms with Crippen LogP contribution in [0.25, 0.3) is 0 Å². The number of rotatable bonds is 5. The molecule has 0 aliphatic heterocycles. The molecule has 21 heavy (non-hydrogen) atoms. The fourth-order valence-corrected chi connectivity index (χ4v) is 1.89. The summed E-state index contributed by atoms with van der Waals surface area (Å²) >= 11 is 0. The van der Waals surface area contributed by atoms with Crippen molar-refractivity contribution in [3.8, 4) is 0 Å². The lowest BCUT2D eigenvalue weighted by Crippen LogP contribution is -2.09. The topological polar surface area (TPSA) is 63.3 Å². The summed E-state index contributed by atoms with van der Waals surface area (Å²) in [4.78, 5) is 14.3. The summed E-state index contributed by atoms with van der Waals surface area (Å²) in [5, 5.41) is 8.56. The zero-order chi connectivity index (χ0) is 15.5. The Kier molecular flexibility index (Phi) is 4.30. The molecule has 0 unspecified atom stereocenters. The van der Waals surface area contributed by atoms with Crippen LogP contribution in [0, 0.1) is 0 Å². The number of benzene rings is 1. The predicted octanol–water partition coefficient (Wildman–Crippen LogP) is 3.30. The Balaban J connectivity index is 2.14. The number of oxazole rings is 1. The number of carboxylic acids is 1. The van der Waals surface area contributed by atoms with Gasteiger partial charge < -0.3 is 9.52 Å². The molecule has 0 saturated heterocycles. The molecule has 112 valence electrons. The highest BCUT2D eigenvalue weighted by molar-refractivity contribution is 5.66. The summed E-state index contributed by atoms with van der Waals surface area (Å²) in [6.45, 7) is 0. The Morgan fingerprint density at radius 3 is 2.67 bits per heavy atom. The SMILES string of the molecule is O=C(O)CCc1cnc(Cc2ccccc2C(F)(F)F)o1. The smallest absolute Gasteiger partial charge is 0.416 e. The first-order valence-corrected chi connectivity index (χ1v) is 6.16. The van der Waals surface area contributed by atoms with Crippen LogP contribution in [0.3, 0.4) is 0 Å². The summed E-state index contributed by atoms with van der Waals surface area (Å²) in [6, 6.07) is 5.20. The Hall–Kier alpha value is -2.31. The summed E-state index contributed by atoms with van der Waals surface area (Å²) in [6.07, 6.45) is -3.15. The van der Waals surface area contributed by atoms with Gasteiger partial charge in [0, 0.05) is 12.8 Å². The van der Waals surface area contributed by atoms with Gasteiger partial charge in [-0.15, -0.1) is 0 Å². The maximum atomic E-state index is 12.8. The van der Waals surface area contributed by atoms with Gasteiger partial charge in [-0.3, -0.25) is 4.79 Å². The van der Waals surface area contributed by atoms with Crippen molar-refractivity contribution in [2.45, 2.75) is 25.4 Å². The fourth-order valence-electron chi connectivity index (χ4n) is 1.89. The van der Waals surface area contributed by atoms with E-state index in [1.165, 1.54) is 24.4 Å². The van der Waals surface area contributed by atoms with Gasteiger partial charge >= 0.3 is 12.1 Å². The monoisotopic (exact) mass is 299 g/mol. The average Bonchev–Trinajstić information content (AvgIpc) is 2.83. The van der Waals surface area contributed by atoms with E-state index in [4.69, 9.17) is 9.52 Å². The number of hydrogen-bond donors (Lipinski definition) is 1. The van der Waals surface area contributed by atoms with Crippen LogP contribution in [-0.4, -0.2) is 16.1 Å². The summed E-state index contributed by atoms with van der Waals surface area (Å²) in [7, 11) is 0. The maximum Gasteiger partial charge on any atom is 0.416 e. The molecule has 2 aromatic rings. The van der Waals surface area contributed by atoms with Crippen LogP contribution >= 0.6 is 0 Å². The van der Waals surface area contributed by atoms with E-state index in [9.17, 15) is 18.0 Å². The van der Waals surface area contributed by atoms with E-state index in [-0.39, 0.29) is 30.7 Å². The third kappa shape index (κ3) is 4.08. The molecule has 7 heteroatoms. The van der Waals surface area contributed by atoms with Crippen LogP contribution in [0.5, 0.6) is 0 Å². The Bertz CT molecular complexity index is 634. The van der Waals surface area contributed by atoms with E-state index in [1.807, 2.05) is 0 Å². The quantitative estimate of drug-likeness (QED) is 0.920. The van der Waals surface area contributed by atoms with Gasteiger partial charge in [0.15, 0.2) is 5.89 Å². The molecule has 1 N–H and O–H groups in total. The highest BCUT2D eigenvalue weighted by Gasteiger charge is 2.33. The predicted molar refractivity (Wildman–Crippen MR) is 66.7 cm³/mol. The van der Waals surface area contributed by atoms with Crippen molar-refractivity contribution in [1.29, 1.82) is 0 Å². The number of aromatic nitrogens is 1. The first kappa shape index (κ1) is 15.1. The molecule has 2 rings (SSSR count). The number of hydrogen-bond acceptors (Lipinski definition) is 3. The third-order valence-electron chi connectivity index (χ3n) is 2.85. The average molecular weight is 299 g/mol. The van der Waals surface area contributed by atoms with Gasteiger partial charge in [0.2, 0.25) is 0 Å². The molecule has 1 aromatic heterocycles. The molecule has 0 saturated carbocycles. The molecule has 0 bridgehead atoms. The molecular formula is C14H12F3NO3. The normalized spacial score (nSPS) is 11.6. The zero-order valence-corrected chi connectivity index (χ0v) is 10.9. The summed E-state index contributed by atoms with van der Waals surface area (Å²) in [5.74, 6) is -0.501. The van der Waals surface area contributed by atoms with E-state index >= 15 is 0 Å². The lowest BCUT2D eigenvalue weighted by molar-refractivity contribution is -0.138. The number of nitrogens with zero attached hydrogens (tertiary/aromatic N) is 1. The van der Waals surface area contributed by atoms with Crippen LogP contribution in [0.4, 0.5) is 13.2 Å². The molecule has 0 radical (unpaired) electrons. The second-order valence-electron chi connectivity index (χ2n) is 4.45. The molecule has 0 amide bonds. The van der Waals surface area contributed by atoms with E-state index in [0.29, 0.717) is 5.76 Å². The number of alkyl halides is 3. The van der Waals surface area contributed by atoms with E-state index in [1.54, 1.807) is 0 Å². The number of aryl methyl sites for hydroxylation is 1. The van der Waals surface area contributed by atoms with E-state index in [2.05, 4.69) is 4.98 Å². The van der Waals surface area contributed by atoms with Gasteiger partial charge in [-0.1, -0.05) is 18.2 Å². The van der Waals surface area contributed by atoms with Crippen LogP contribution in [0.15, 0.2) is 34.9 Å². The minimum Gasteiger partial charge on any atom is -0.481 e. The molecule has 0 fully saturated rings. The fraction of sp³-hybridized carbons (Fsp3) is 0.286. The first-order chi connectivity index (χ1) is 9.86. The van der Waals surface area contributed by atoms with E-state index < -0.39 is 17.7 Å². The summed E-state index contributed by atoms with van der Waals surface area (Å²) in [5.41, 5.74) is -0.660. The number of aliphatic carboxylic acids is 1. The zero-order valence-electron chi connectivity index (χ0n) is 10.9. The van der Waals surface area contributed by atoms with Crippen molar-refractivity contribution >= 4 is 5.97 Å².